The molecule has 5 heteroatoms. The lowest BCUT2D eigenvalue weighted by atomic mass is 10.1. The van der Waals surface area contributed by atoms with Crippen molar-refractivity contribution in [3.63, 3.8) is 0 Å². The van der Waals surface area contributed by atoms with E-state index in [1.807, 2.05) is 6.07 Å². The number of alkyl halides is 1. The van der Waals surface area contributed by atoms with Gasteiger partial charge in [-0.15, -0.1) is 0 Å². The molecular weight excluding hydrogens is 314 g/mol. The van der Waals surface area contributed by atoms with Crippen molar-refractivity contribution in [2.45, 2.75) is 5.33 Å². The highest BCUT2D eigenvalue weighted by molar-refractivity contribution is 9.10. The Bertz CT molecular complexity index is 424. The average molecular weight is 319 g/mol. The largest absolute Gasteiger partial charge is 0.478 e. The van der Waals surface area contributed by atoms with E-state index in [0.717, 1.165) is 0 Å². The van der Waals surface area contributed by atoms with Gasteiger partial charge in [-0.25, -0.2) is 4.79 Å². The van der Waals surface area contributed by atoms with Gasteiger partial charge < -0.3 is 5.11 Å². The van der Waals surface area contributed by atoms with Gasteiger partial charge in [0, 0.05) is 9.80 Å². The predicted molar refractivity (Wildman–Crippen MR) is 58.4 cm³/mol. The van der Waals surface area contributed by atoms with Crippen molar-refractivity contribution in [2.24, 2.45) is 0 Å². The van der Waals surface area contributed by atoms with Crippen LogP contribution in [-0.4, -0.2) is 11.1 Å². The summed E-state index contributed by atoms with van der Waals surface area (Å²) in [7, 11) is 0. The van der Waals surface area contributed by atoms with Gasteiger partial charge in [0.15, 0.2) is 0 Å². The summed E-state index contributed by atoms with van der Waals surface area (Å²) in [6.07, 6.45) is 0. The van der Waals surface area contributed by atoms with Crippen molar-refractivity contribution < 1.29 is 9.90 Å². The molecule has 0 aliphatic rings. The third kappa shape index (κ3) is 2.14. The Hall–Kier alpha value is -0.860. The highest BCUT2D eigenvalue weighted by Crippen LogP contribution is 2.24. The molecule has 0 aromatic heterocycles. The minimum Gasteiger partial charge on any atom is -0.478 e. The van der Waals surface area contributed by atoms with Crippen LogP contribution in [0.25, 0.3) is 0 Å². The van der Waals surface area contributed by atoms with E-state index >= 15 is 0 Å². The van der Waals surface area contributed by atoms with Gasteiger partial charge in [0.05, 0.1) is 17.2 Å². The van der Waals surface area contributed by atoms with E-state index in [0.29, 0.717) is 20.9 Å². The Kier molecular flexibility index (Phi) is 3.67. The van der Waals surface area contributed by atoms with Crippen molar-refractivity contribution in [3.05, 3.63) is 33.3 Å². The number of hydrogen-bond donors (Lipinski definition) is 1. The first-order valence-electron chi connectivity index (χ1n) is 3.62. The van der Waals surface area contributed by atoms with E-state index in [1.54, 1.807) is 6.07 Å². The van der Waals surface area contributed by atoms with E-state index in [1.165, 1.54) is 6.07 Å². The normalized spacial score (nSPS) is 9.50. The molecule has 0 fully saturated rings. The average Bonchev–Trinajstić information content (AvgIpc) is 2.15. The van der Waals surface area contributed by atoms with E-state index in [4.69, 9.17) is 10.4 Å². The number of rotatable bonds is 2. The Balaban J connectivity index is 3.44. The van der Waals surface area contributed by atoms with Crippen LogP contribution in [-0.2, 0) is 5.33 Å². The maximum absolute atomic E-state index is 10.9. The number of benzene rings is 1. The van der Waals surface area contributed by atoms with Crippen LogP contribution in [0.5, 0.6) is 0 Å². The Morgan fingerprint density at radius 1 is 1.57 bits per heavy atom. The molecule has 0 saturated carbocycles. The SMILES string of the molecule is N#Cc1cc(Br)c(C(=O)O)c(CBr)c1. The Morgan fingerprint density at radius 3 is 2.64 bits per heavy atom. The summed E-state index contributed by atoms with van der Waals surface area (Å²) in [6, 6.07) is 5.02. The molecule has 0 atom stereocenters. The molecule has 0 aliphatic heterocycles. The third-order valence-corrected chi connectivity index (χ3v) is 2.89. The fourth-order valence-corrected chi connectivity index (χ4v) is 2.19. The molecule has 0 amide bonds. The lowest BCUT2D eigenvalue weighted by Gasteiger charge is -2.05. The van der Waals surface area contributed by atoms with Crippen molar-refractivity contribution in [3.8, 4) is 6.07 Å². The van der Waals surface area contributed by atoms with Gasteiger partial charge in [0.1, 0.15) is 0 Å². The molecule has 0 bridgehead atoms. The first kappa shape index (κ1) is 11.2. The number of nitriles is 1. The maximum Gasteiger partial charge on any atom is 0.337 e. The second kappa shape index (κ2) is 4.58. The first-order valence-corrected chi connectivity index (χ1v) is 5.53. The molecule has 72 valence electrons. The van der Waals surface area contributed by atoms with Gasteiger partial charge in [-0.2, -0.15) is 5.26 Å². The molecule has 0 spiro atoms. The lowest BCUT2D eigenvalue weighted by molar-refractivity contribution is 0.0695. The fraction of sp³-hybridized carbons (Fsp3) is 0.111. The van der Waals surface area contributed by atoms with Crippen molar-refractivity contribution >= 4 is 37.8 Å². The second-order valence-corrected chi connectivity index (χ2v) is 3.96. The highest BCUT2D eigenvalue weighted by atomic mass is 79.9. The smallest absolute Gasteiger partial charge is 0.337 e. The molecule has 14 heavy (non-hydrogen) atoms. The van der Waals surface area contributed by atoms with Gasteiger partial charge >= 0.3 is 5.97 Å². The summed E-state index contributed by atoms with van der Waals surface area (Å²) in [4.78, 5) is 10.9. The molecule has 0 unspecified atom stereocenters. The minimum atomic E-state index is -1.00. The Labute approximate surface area is 97.6 Å². The van der Waals surface area contributed by atoms with Crippen LogP contribution in [0.15, 0.2) is 16.6 Å². The van der Waals surface area contributed by atoms with E-state index in [9.17, 15) is 4.79 Å². The molecule has 3 nitrogen and oxygen atoms in total. The quantitative estimate of drug-likeness (QED) is 0.853. The summed E-state index contributed by atoms with van der Waals surface area (Å²) in [5.74, 6) is -1.00. The topological polar surface area (TPSA) is 61.1 Å². The van der Waals surface area contributed by atoms with Crippen LogP contribution in [0.1, 0.15) is 21.5 Å². The molecule has 0 heterocycles. The zero-order valence-corrected chi connectivity index (χ0v) is 10.1. The van der Waals surface area contributed by atoms with Crippen molar-refractivity contribution in [2.75, 3.05) is 0 Å². The van der Waals surface area contributed by atoms with Crippen LogP contribution in [0.2, 0.25) is 0 Å². The Morgan fingerprint density at radius 2 is 2.21 bits per heavy atom. The number of halogens is 2. The van der Waals surface area contributed by atoms with Crippen molar-refractivity contribution in [1.82, 2.24) is 0 Å². The number of nitrogens with zero attached hydrogens (tertiary/aromatic N) is 1. The third-order valence-electron chi connectivity index (χ3n) is 1.66. The minimum absolute atomic E-state index is 0.195. The number of hydrogen-bond acceptors (Lipinski definition) is 2. The van der Waals surface area contributed by atoms with E-state index < -0.39 is 5.97 Å². The van der Waals surface area contributed by atoms with Crippen LogP contribution in [0.3, 0.4) is 0 Å². The number of carbonyl (C=O) groups is 1. The number of aromatic carboxylic acids is 1. The highest BCUT2D eigenvalue weighted by Gasteiger charge is 2.14. The molecule has 1 rings (SSSR count). The molecule has 0 aliphatic carbocycles. The van der Waals surface area contributed by atoms with Gasteiger partial charge in [-0.1, -0.05) is 15.9 Å². The van der Waals surface area contributed by atoms with Gasteiger partial charge in [-0.3, -0.25) is 0 Å². The summed E-state index contributed by atoms with van der Waals surface area (Å²) >= 11 is 6.31. The zero-order chi connectivity index (χ0) is 10.7. The van der Waals surface area contributed by atoms with Crippen molar-refractivity contribution in [1.29, 1.82) is 5.26 Å². The van der Waals surface area contributed by atoms with Gasteiger partial charge in [-0.05, 0) is 33.6 Å². The summed E-state index contributed by atoms with van der Waals surface area (Å²) in [5, 5.41) is 18.0. The van der Waals surface area contributed by atoms with Crippen LogP contribution in [0.4, 0.5) is 0 Å². The molecule has 1 aromatic carbocycles. The molecule has 1 N–H and O–H groups in total. The molecule has 0 radical (unpaired) electrons. The number of carboxylic acids is 1. The predicted octanol–water partition coefficient (Wildman–Crippen LogP) is 2.91. The summed E-state index contributed by atoms with van der Waals surface area (Å²) in [6.45, 7) is 0. The fourth-order valence-electron chi connectivity index (χ4n) is 1.07. The van der Waals surface area contributed by atoms with E-state index in [-0.39, 0.29) is 5.56 Å². The van der Waals surface area contributed by atoms with Crippen LogP contribution < -0.4 is 0 Å². The van der Waals surface area contributed by atoms with Gasteiger partial charge in [0.2, 0.25) is 0 Å². The second-order valence-electron chi connectivity index (χ2n) is 2.54. The standard InChI is InChI=1S/C9H5Br2NO2/c10-3-6-1-5(4-12)2-7(11)8(6)9(13)14/h1-2H,3H2,(H,13,14). The summed E-state index contributed by atoms with van der Waals surface area (Å²) in [5.41, 5.74) is 1.22. The van der Waals surface area contributed by atoms with E-state index in [2.05, 4.69) is 31.9 Å². The van der Waals surface area contributed by atoms with Crippen LogP contribution >= 0.6 is 31.9 Å². The first-order chi connectivity index (χ1) is 6.60. The summed E-state index contributed by atoms with van der Waals surface area (Å²) < 4.78 is 0.429. The lowest BCUT2D eigenvalue weighted by Crippen LogP contribution is -2.03. The van der Waals surface area contributed by atoms with Gasteiger partial charge in [0.25, 0.3) is 0 Å². The molecule has 1 aromatic rings. The molecule has 0 saturated heterocycles. The zero-order valence-electron chi connectivity index (χ0n) is 6.92. The molecular formula is C9H5Br2NO2. The maximum atomic E-state index is 10.9. The monoisotopic (exact) mass is 317 g/mol. The van der Waals surface area contributed by atoms with Crippen LogP contribution in [0, 0.1) is 11.3 Å². The number of carboxylic acid groups (broad SMARTS) is 1.